The maximum absolute atomic E-state index is 13.0. The summed E-state index contributed by atoms with van der Waals surface area (Å²) in [6, 6.07) is 5.86. The first-order valence-electron chi connectivity index (χ1n) is 10.4. The van der Waals surface area contributed by atoms with E-state index >= 15 is 0 Å². The van der Waals surface area contributed by atoms with Crippen molar-refractivity contribution >= 4 is 27.7 Å². The van der Waals surface area contributed by atoms with Gasteiger partial charge in [0.15, 0.2) is 0 Å². The molecule has 8 nitrogen and oxygen atoms in total. The lowest BCUT2D eigenvalue weighted by atomic mass is 10.00. The third-order valence-electron chi connectivity index (χ3n) is 5.48. The SMILES string of the molecule is CC(C)C(=O)N1CCC(NC(=O)[C@@H](N=C2NS(=O)(=O)c3ccccc32)C(C)C)CC1. The van der Waals surface area contributed by atoms with Crippen LogP contribution in [0, 0.1) is 11.8 Å². The summed E-state index contributed by atoms with van der Waals surface area (Å²) in [6.45, 7) is 8.78. The Morgan fingerprint density at radius 2 is 1.77 bits per heavy atom. The molecule has 1 aromatic carbocycles. The molecule has 2 N–H and O–H groups in total. The number of nitrogens with one attached hydrogen (secondary N) is 2. The zero-order valence-corrected chi connectivity index (χ0v) is 18.7. The van der Waals surface area contributed by atoms with Gasteiger partial charge in [-0.1, -0.05) is 39.8 Å². The molecule has 0 radical (unpaired) electrons. The van der Waals surface area contributed by atoms with Crippen molar-refractivity contribution < 1.29 is 18.0 Å². The second-order valence-corrected chi connectivity index (χ2v) is 10.2. The molecule has 2 aliphatic heterocycles. The van der Waals surface area contributed by atoms with E-state index in [-0.39, 0.29) is 40.4 Å². The third kappa shape index (κ3) is 4.66. The molecular weight excluding hydrogens is 404 g/mol. The van der Waals surface area contributed by atoms with Crippen molar-refractivity contribution in [2.24, 2.45) is 16.8 Å². The summed E-state index contributed by atoms with van der Waals surface area (Å²) >= 11 is 0. The van der Waals surface area contributed by atoms with Gasteiger partial charge >= 0.3 is 0 Å². The first-order chi connectivity index (χ1) is 14.1. The summed E-state index contributed by atoms with van der Waals surface area (Å²) in [5, 5.41) is 3.05. The summed E-state index contributed by atoms with van der Waals surface area (Å²) in [5.74, 6) is -0.0299. The van der Waals surface area contributed by atoms with Crippen LogP contribution in [0.15, 0.2) is 34.2 Å². The van der Waals surface area contributed by atoms with Gasteiger partial charge in [0.25, 0.3) is 10.0 Å². The molecule has 0 bridgehead atoms. The molecule has 9 heteroatoms. The van der Waals surface area contributed by atoms with Gasteiger partial charge in [-0.3, -0.25) is 19.3 Å². The fraction of sp³-hybridized carbons (Fsp3) is 0.571. The number of piperidine rings is 1. The largest absolute Gasteiger partial charge is 0.351 e. The first-order valence-corrected chi connectivity index (χ1v) is 11.9. The predicted octanol–water partition coefficient (Wildman–Crippen LogP) is 1.51. The smallest absolute Gasteiger partial charge is 0.263 e. The van der Waals surface area contributed by atoms with Gasteiger partial charge in [-0.2, -0.15) is 0 Å². The molecular formula is C21H30N4O4S. The normalized spacial score (nSPS) is 20.9. The molecule has 2 heterocycles. The van der Waals surface area contributed by atoms with E-state index in [1.807, 2.05) is 32.6 Å². The van der Waals surface area contributed by atoms with Crippen molar-refractivity contribution in [1.29, 1.82) is 0 Å². The number of nitrogens with zero attached hydrogens (tertiary/aromatic N) is 2. The van der Waals surface area contributed by atoms with Crippen LogP contribution < -0.4 is 10.0 Å². The van der Waals surface area contributed by atoms with Crippen LogP contribution in [-0.4, -0.2) is 56.1 Å². The zero-order chi connectivity index (χ0) is 22.1. The summed E-state index contributed by atoms with van der Waals surface area (Å²) in [6.07, 6.45) is 1.39. The van der Waals surface area contributed by atoms with E-state index in [4.69, 9.17) is 0 Å². The highest BCUT2D eigenvalue weighted by Gasteiger charge is 2.33. The van der Waals surface area contributed by atoms with E-state index in [1.165, 1.54) is 6.07 Å². The summed E-state index contributed by atoms with van der Waals surface area (Å²) < 4.78 is 27.1. The second kappa shape index (κ2) is 8.75. The van der Waals surface area contributed by atoms with Crippen LogP contribution in [0.25, 0.3) is 0 Å². The highest BCUT2D eigenvalue weighted by atomic mass is 32.2. The molecule has 1 fully saturated rings. The number of carbonyl (C=O) groups is 2. The average Bonchev–Trinajstić information content (AvgIpc) is 2.96. The summed E-state index contributed by atoms with van der Waals surface area (Å²) in [4.78, 5) is 31.6. The number of amidine groups is 1. The molecule has 0 unspecified atom stereocenters. The number of aliphatic imine (C=N–C) groups is 1. The fourth-order valence-corrected chi connectivity index (χ4v) is 5.01. The highest BCUT2D eigenvalue weighted by Crippen LogP contribution is 2.23. The Morgan fingerprint density at radius 3 is 2.37 bits per heavy atom. The van der Waals surface area contributed by atoms with Crippen molar-refractivity contribution in [2.75, 3.05) is 13.1 Å². The Bertz CT molecular complexity index is 948. The lowest BCUT2D eigenvalue weighted by Crippen LogP contribution is -2.50. The number of amides is 2. The monoisotopic (exact) mass is 434 g/mol. The van der Waals surface area contributed by atoms with E-state index in [2.05, 4.69) is 15.0 Å². The topological polar surface area (TPSA) is 108 Å². The van der Waals surface area contributed by atoms with E-state index in [1.54, 1.807) is 18.2 Å². The summed E-state index contributed by atoms with van der Waals surface area (Å²) in [7, 11) is -3.65. The van der Waals surface area contributed by atoms with Gasteiger partial charge in [-0.15, -0.1) is 0 Å². The van der Waals surface area contributed by atoms with Crippen LogP contribution in [0.4, 0.5) is 0 Å². The van der Waals surface area contributed by atoms with Crippen molar-refractivity contribution in [3.8, 4) is 0 Å². The van der Waals surface area contributed by atoms with Gasteiger partial charge < -0.3 is 10.2 Å². The summed E-state index contributed by atoms with van der Waals surface area (Å²) in [5.41, 5.74) is 0.483. The molecule has 0 aliphatic carbocycles. The van der Waals surface area contributed by atoms with Gasteiger partial charge in [0.2, 0.25) is 11.8 Å². The average molecular weight is 435 g/mol. The lowest BCUT2D eigenvalue weighted by Gasteiger charge is -2.34. The van der Waals surface area contributed by atoms with Crippen molar-refractivity contribution in [3.63, 3.8) is 0 Å². The van der Waals surface area contributed by atoms with Gasteiger partial charge in [-0.25, -0.2) is 8.42 Å². The van der Waals surface area contributed by atoms with Crippen molar-refractivity contribution in [1.82, 2.24) is 14.9 Å². The predicted molar refractivity (Wildman–Crippen MR) is 115 cm³/mol. The Labute approximate surface area is 178 Å². The van der Waals surface area contributed by atoms with Crippen molar-refractivity contribution in [3.05, 3.63) is 29.8 Å². The third-order valence-corrected chi connectivity index (χ3v) is 6.88. The Hall–Kier alpha value is -2.42. The van der Waals surface area contributed by atoms with Crippen LogP contribution in [0.2, 0.25) is 0 Å². The first kappa shape index (κ1) is 22.3. The Morgan fingerprint density at radius 1 is 1.13 bits per heavy atom. The maximum Gasteiger partial charge on any atom is 0.263 e. The minimum Gasteiger partial charge on any atom is -0.351 e. The Kier molecular flexibility index (Phi) is 6.50. The van der Waals surface area contributed by atoms with Crippen LogP contribution in [0.5, 0.6) is 0 Å². The van der Waals surface area contributed by atoms with E-state index < -0.39 is 16.1 Å². The highest BCUT2D eigenvalue weighted by molar-refractivity contribution is 7.90. The minimum absolute atomic E-state index is 0.0253. The molecule has 0 spiro atoms. The quantitative estimate of drug-likeness (QED) is 0.732. The molecule has 0 saturated carbocycles. The minimum atomic E-state index is -3.65. The molecule has 2 amide bonds. The van der Waals surface area contributed by atoms with Crippen LogP contribution >= 0.6 is 0 Å². The van der Waals surface area contributed by atoms with E-state index in [0.717, 1.165) is 0 Å². The number of benzene rings is 1. The number of carbonyl (C=O) groups excluding carboxylic acids is 2. The number of hydrogen-bond acceptors (Lipinski definition) is 5. The van der Waals surface area contributed by atoms with Gasteiger partial charge in [-0.05, 0) is 30.9 Å². The standard InChI is InChI=1S/C21H30N4O4S/c1-13(2)18(23-19-16-7-5-6-8-17(16)30(28,29)24-19)20(26)22-15-9-11-25(12-10-15)21(27)14(3)4/h5-8,13-15,18H,9-12H2,1-4H3,(H,22,26)(H,23,24)/t18-/m0/s1. The van der Waals surface area contributed by atoms with Gasteiger partial charge in [0.1, 0.15) is 11.9 Å². The Balaban J connectivity index is 1.70. The van der Waals surface area contributed by atoms with Gasteiger partial charge in [0.05, 0.1) is 4.90 Å². The molecule has 164 valence electrons. The maximum atomic E-state index is 13.0. The second-order valence-electron chi connectivity index (χ2n) is 8.53. The molecule has 1 saturated heterocycles. The molecule has 2 aliphatic rings. The number of sulfonamides is 1. The van der Waals surface area contributed by atoms with Crippen molar-refractivity contribution in [2.45, 2.75) is 57.5 Å². The fourth-order valence-electron chi connectivity index (χ4n) is 3.78. The molecule has 0 aromatic heterocycles. The zero-order valence-electron chi connectivity index (χ0n) is 17.9. The number of likely N-dealkylation sites (tertiary alicyclic amines) is 1. The van der Waals surface area contributed by atoms with E-state index in [9.17, 15) is 18.0 Å². The number of rotatable bonds is 5. The molecule has 30 heavy (non-hydrogen) atoms. The van der Waals surface area contributed by atoms with Crippen LogP contribution in [0.3, 0.4) is 0 Å². The lowest BCUT2D eigenvalue weighted by molar-refractivity contribution is -0.135. The van der Waals surface area contributed by atoms with E-state index in [0.29, 0.717) is 31.5 Å². The molecule has 1 atom stereocenters. The number of hydrogen-bond donors (Lipinski definition) is 2. The number of fused-ring (bicyclic) bond motifs is 1. The van der Waals surface area contributed by atoms with Crippen LogP contribution in [0.1, 0.15) is 46.1 Å². The molecule has 1 aromatic rings. The molecule has 3 rings (SSSR count). The van der Waals surface area contributed by atoms with Crippen LogP contribution in [-0.2, 0) is 19.6 Å². The van der Waals surface area contributed by atoms with Gasteiger partial charge in [0, 0.05) is 30.6 Å².